The lowest BCUT2D eigenvalue weighted by Crippen LogP contribution is -2.53. The van der Waals surface area contributed by atoms with Crippen molar-refractivity contribution in [1.29, 1.82) is 0 Å². The monoisotopic (exact) mass is 352 g/mol. The highest BCUT2D eigenvalue weighted by Gasteiger charge is 2.34. The van der Waals surface area contributed by atoms with Crippen LogP contribution in [0.4, 0.5) is 5.82 Å². The van der Waals surface area contributed by atoms with Crippen molar-refractivity contribution in [3.8, 4) is 0 Å². The number of alkyl halides is 1. The van der Waals surface area contributed by atoms with E-state index >= 15 is 0 Å². The highest BCUT2D eigenvalue weighted by atomic mass is 79.9. The molecule has 1 aromatic heterocycles. The minimum absolute atomic E-state index is 0.00284. The minimum atomic E-state index is -0.254. The molecular weight excluding hydrogens is 339 g/mol. The molecule has 1 atom stereocenters. The molecular formula is C12H15BrCl2N2O. The third-order valence-electron chi connectivity index (χ3n) is 2.74. The van der Waals surface area contributed by atoms with Gasteiger partial charge < -0.3 is 9.64 Å². The number of anilines is 1. The highest BCUT2D eigenvalue weighted by Crippen LogP contribution is 2.31. The van der Waals surface area contributed by atoms with E-state index in [1.165, 1.54) is 0 Å². The molecule has 0 amide bonds. The van der Waals surface area contributed by atoms with E-state index in [4.69, 9.17) is 27.9 Å². The molecule has 1 aliphatic rings. The second-order valence-corrected chi connectivity index (χ2v) is 6.62. The number of morpholine rings is 1. The first kappa shape index (κ1) is 14.4. The van der Waals surface area contributed by atoms with Crippen LogP contribution >= 0.6 is 39.1 Å². The zero-order valence-corrected chi connectivity index (χ0v) is 13.4. The Hall–Kier alpha value is -0.0300. The number of hydrogen-bond donors (Lipinski definition) is 0. The number of pyridine rings is 1. The van der Waals surface area contributed by atoms with E-state index in [1.54, 1.807) is 6.20 Å². The van der Waals surface area contributed by atoms with Crippen molar-refractivity contribution in [2.75, 3.05) is 23.9 Å². The summed E-state index contributed by atoms with van der Waals surface area (Å²) >= 11 is 15.5. The first-order valence-corrected chi connectivity index (χ1v) is 7.41. The van der Waals surface area contributed by atoms with Gasteiger partial charge in [-0.25, -0.2) is 4.98 Å². The van der Waals surface area contributed by atoms with Gasteiger partial charge in [-0.2, -0.15) is 0 Å². The third-order valence-corrected chi connectivity index (χ3v) is 3.80. The Kier molecular flexibility index (Phi) is 4.42. The molecule has 0 saturated carbocycles. The van der Waals surface area contributed by atoms with E-state index in [2.05, 4.69) is 25.8 Å². The molecule has 100 valence electrons. The Morgan fingerprint density at radius 1 is 1.61 bits per heavy atom. The fourth-order valence-electron chi connectivity index (χ4n) is 2.18. The minimum Gasteiger partial charge on any atom is -0.367 e. The molecule has 6 heteroatoms. The van der Waals surface area contributed by atoms with Crippen molar-refractivity contribution in [1.82, 2.24) is 4.98 Å². The van der Waals surface area contributed by atoms with Crippen LogP contribution in [-0.2, 0) is 4.74 Å². The van der Waals surface area contributed by atoms with E-state index < -0.39 is 0 Å². The SMILES string of the molecule is CC1(C)CN(c2ncc(Br)cc2Cl)CC(CCl)O1. The Bertz CT molecular complexity index is 442. The van der Waals surface area contributed by atoms with E-state index in [0.717, 1.165) is 16.8 Å². The van der Waals surface area contributed by atoms with E-state index in [1.807, 2.05) is 19.9 Å². The zero-order valence-electron chi connectivity index (χ0n) is 10.3. The van der Waals surface area contributed by atoms with Crippen LogP contribution in [0.25, 0.3) is 0 Å². The number of aromatic nitrogens is 1. The smallest absolute Gasteiger partial charge is 0.147 e. The van der Waals surface area contributed by atoms with Gasteiger partial charge in [0, 0.05) is 23.8 Å². The van der Waals surface area contributed by atoms with Crippen molar-refractivity contribution in [2.45, 2.75) is 25.6 Å². The molecule has 1 aromatic rings. The molecule has 1 unspecified atom stereocenters. The molecule has 0 spiro atoms. The van der Waals surface area contributed by atoms with Gasteiger partial charge in [-0.05, 0) is 35.8 Å². The van der Waals surface area contributed by atoms with Gasteiger partial charge in [0.2, 0.25) is 0 Å². The summed E-state index contributed by atoms with van der Waals surface area (Å²) in [7, 11) is 0. The van der Waals surface area contributed by atoms with Crippen LogP contribution < -0.4 is 4.90 Å². The van der Waals surface area contributed by atoms with Gasteiger partial charge in [-0.3, -0.25) is 0 Å². The highest BCUT2D eigenvalue weighted by molar-refractivity contribution is 9.10. The first-order valence-electron chi connectivity index (χ1n) is 5.71. The molecule has 1 fully saturated rings. The molecule has 1 aliphatic heterocycles. The third kappa shape index (κ3) is 3.29. The average molecular weight is 354 g/mol. The number of rotatable bonds is 2. The van der Waals surface area contributed by atoms with E-state index in [0.29, 0.717) is 17.4 Å². The second-order valence-electron chi connectivity index (χ2n) is 4.99. The Morgan fingerprint density at radius 2 is 2.33 bits per heavy atom. The van der Waals surface area contributed by atoms with Gasteiger partial charge in [0.1, 0.15) is 5.82 Å². The summed E-state index contributed by atoms with van der Waals surface area (Å²) in [4.78, 5) is 6.51. The van der Waals surface area contributed by atoms with Crippen molar-refractivity contribution < 1.29 is 4.74 Å². The predicted octanol–water partition coefficient (Wildman–Crippen LogP) is 3.72. The fraction of sp³-hybridized carbons (Fsp3) is 0.583. The lowest BCUT2D eigenvalue weighted by molar-refractivity contribution is -0.0736. The number of nitrogens with zero attached hydrogens (tertiary/aromatic N) is 2. The zero-order chi connectivity index (χ0) is 13.3. The summed E-state index contributed by atoms with van der Waals surface area (Å²) in [6, 6.07) is 1.85. The van der Waals surface area contributed by atoms with Crippen LogP contribution in [0, 0.1) is 0 Å². The fourth-order valence-corrected chi connectivity index (χ4v) is 3.09. The van der Waals surface area contributed by atoms with Crippen LogP contribution in [0.3, 0.4) is 0 Å². The molecule has 18 heavy (non-hydrogen) atoms. The van der Waals surface area contributed by atoms with Crippen molar-refractivity contribution in [3.05, 3.63) is 21.8 Å². The topological polar surface area (TPSA) is 25.4 Å². The van der Waals surface area contributed by atoms with Gasteiger partial charge in [0.15, 0.2) is 0 Å². The van der Waals surface area contributed by atoms with Crippen molar-refractivity contribution in [2.24, 2.45) is 0 Å². The van der Waals surface area contributed by atoms with Crippen LogP contribution in [0.5, 0.6) is 0 Å². The maximum Gasteiger partial charge on any atom is 0.147 e. The number of hydrogen-bond acceptors (Lipinski definition) is 3. The lowest BCUT2D eigenvalue weighted by atomic mass is 10.1. The quantitative estimate of drug-likeness (QED) is 0.757. The normalized spacial score (nSPS) is 23.2. The maximum absolute atomic E-state index is 6.24. The van der Waals surface area contributed by atoms with Gasteiger partial charge in [-0.1, -0.05) is 11.6 Å². The molecule has 0 N–H and O–H groups in total. The Morgan fingerprint density at radius 3 is 2.94 bits per heavy atom. The van der Waals surface area contributed by atoms with Crippen molar-refractivity contribution >= 4 is 44.9 Å². The number of ether oxygens (including phenoxy) is 1. The van der Waals surface area contributed by atoms with Gasteiger partial charge in [0.05, 0.1) is 22.6 Å². The molecule has 1 saturated heterocycles. The molecule has 0 aromatic carbocycles. The summed E-state index contributed by atoms with van der Waals surface area (Å²) in [5, 5.41) is 0.635. The second kappa shape index (κ2) is 5.53. The van der Waals surface area contributed by atoms with Crippen LogP contribution in [-0.4, -0.2) is 35.7 Å². The first-order chi connectivity index (χ1) is 8.41. The molecule has 2 rings (SSSR count). The molecule has 0 aliphatic carbocycles. The summed E-state index contributed by atoms with van der Waals surface area (Å²) in [6.45, 7) is 5.55. The molecule has 2 heterocycles. The lowest BCUT2D eigenvalue weighted by Gasteiger charge is -2.43. The van der Waals surface area contributed by atoms with Crippen LogP contribution in [0.15, 0.2) is 16.7 Å². The van der Waals surface area contributed by atoms with Gasteiger partial charge in [0.25, 0.3) is 0 Å². The number of halogens is 3. The van der Waals surface area contributed by atoms with Gasteiger partial charge in [-0.15, -0.1) is 11.6 Å². The maximum atomic E-state index is 6.24. The Labute approximate surface area is 126 Å². The predicted molar refractivity (Wildman–Crippen MR) is 78.8 cm³/mol. The molecule has 0 radical (unpaired) electrons. The molecule has 3 nitrogen and oxygen atoms in total. The van der Waals surface area contributed by atoms with Gasteiger partial charge >= 0.3 is 0 Å². The van der Waals surface area contributed by atoms with Crippen molar-refractivity contribution in [3.63, 3.8) is 0 Å². The summed E-state index contributed by atoms with van der Waals surface area (Å²) < 4.78 is 6.76. The Balaban J connectivity index is 2.26. The standard InChI is InChI=1S/C12H15BrCl2N2O/c1-12(2)7-17(6-9(4-14)18-12)11-10(15)3-8(13)5-16-11/h3,5,9H,4,6-7H2,1-2H3. The largest absolute Gasteiger partial charge is 0.367 e. The van der Waals surface area contributed by atoms with E-state index in [-0.39, 0.29) is 11.7 Å². The van der Waals surface area contributed by atoms with Crippen LogP contribution in [0.2, 0.25) is 5.02 Å². The summed E-state index contributed by atoms with van der Waals surface area (Å²) in [6.07, 6.45) is 1.75. The average Bonchev–Trinajstić information content (AvgIpc) is 2.26. The van der Waals surface area contributed by atoms with E-state index in [9.17, 15) is 0 Å². The summed E-state index contributed by atoms with van der Waals surface area (Å²) in [5.41, 5.74) is -0.254. The molecule has 0 bridgehead atoms. The van der Waals surface area contributed by atoms with Crippen LogP contribution in [0.1, 0.15) is 13.8 Å². The summed E-state index contributed by atoms with van der Waals surface area (Å²) in [5.74, 6) is 1.25.